The summed E-state index contributed by atoms with van der Waals surface area (Å²) in [4.78, 5) is 11.7. The highest BCUT2D eigenvalue weighted by molar-refractivity contribution is 5.95. The first-order chi connectivity index (χ1) is 7.16. The minimum atomic E-state index is -0.0727. The predicted molar refractivity (Wildman–Crippen MR) is 59.8 cm³/mol. The molecule has 1 amide bonds. The van der Waals surface area contributed by atoms with Crippen molar-refractivity contribution in [1.82, 2.24) is 10.4 Å². The number of rotatable bonds is 2. The molecule has 80 valence electrons. The van der Waals surface area contributed by atoms with Gasteiger partial charge in [0, 0.05) is 31.9 Å². The Morgan fingerprint density at radius 2 is 2.27 bits per heavy atom. The maximum atomic E-state index is 11.7. The second-order valence-corrected chi connectivity index (χ2v) is 3.88. The fourth-order valence-corrected chi connectivity index (χ4v) is 1.70. The van der Waals surface area contributed by atoms with E-state index in [-0.39, 0.29) is 5.91 Å². The highest BCUT2D eigenvalue weighted by Crippen LogP contribution is 2.22. The molecule has 0 atom stereocenters. The van der Waals surface area contributed by atoms with Crippen molar-refractivity contribution < 1.29 is 4.79 Å². The molecule has 1 aromatic carbocycles. The van der Waals surface area contributed by atoms with Crippen molar-refractivity contribution in [3.8, 4) is 0 Å². The predicted octanol–water partition coefficient (Wildman–Crippen LogP) is 0.861. The Hall–Kier alpha value is -1.55. The van der Waals surface area contributed by atoms with Gasteiger partial charge in [0.15, 0.2) is 0 Å². The molecule has 0 saturated carbocycles. The van der Waals surface area contributed by atoms with Crippen LogP contribution in [-0.2, 0) is 6.42 Å². The number of carbonyl (C=O) groups excluding carboxylic acids is 1. The van der Waals surface area contributed by atoms with Gasteiger partial charge in [-0.15, -0.1) is 0 Å². The molecule has 1 aromatic rings. The molecule has 0 aromatic heterocycles. The Morgan fingerprint density at radius 1 is 1.47 bits per heavy atom. The molecule has 0 saturated heterocycles. The number of hydrazine groups is 1. The fraction of sp³-hybridized carbons (Fsp3) is 0.364. The smallest absolute Gasteiger partial charge is 0.265 e. The lowest BCUT2D eigenvalue weighted by Crippen LogP contribution is -2.36. The highest BCUT2D eigenvalue weighted by Gasteiger charge is 2.13. The molecule has 1 aliphatic rings. The van der Waals surface area contributed by atoms with Crippen LogP contribution in [0.5, 0.6) is 0 Å². The summed E-state index contributed by atoms with van der Waals surface area (Å²) in [6.45, 7) is 0.966. The third-order valence-electron chi connectivity index (χ3n) is 2.41. The van der Waals surface area contributed by atoms with E-state index in [1.807, 2.05) is 18.2 Å². The highest BCUT2D eigenvalue weighted by atomic mass is 16.2. The maximum Gasteiger partial charge on any atom is 0.265 e. The Balaban J connectivity index is 2.19. The van der Waals surface area contributed by atoms with E-state index in [0.717, 1.165) is 18.7 Å². The van der Waals surface area contributed by atoms with E-state index in [1.165, 1.54) is 5.56 Å². The minimum absolute atomic E-state index is 0.0727. The van der Waals surface area contributed by atoms with Crippen LogP contribution in [0.4, 0.5) is 5.69 Å². The Labute approximate surface area is 89.2 Å². The molecule has 1 heterocycles. The van der Waals surface area contributed by atoms with E-state index in [4.69, 9.17) is 0 Å². The molecule has 15 heavy (non-hydrogen) atoms. The van der Waals surface area contributed by atoms with Gasteiger partial charge in [-0.3, -0.25) is 10.2 Å². The number of nitrogens with zero attached hydrogens (tertiary/aromatic N) is 1. The van der Waals surface area contributed by atoms with Gasteiger partial charge >= 0.3 is 0 Å². The maximum absolute atomic E-state index is 11.7. The standard InChI is InChI=1S/C11H15N3O/c1-14(2)13-11(15)9-4-3-8-5-6-12-10(8)7-9/h3-4,7,12H,5-6H2,1-2H3,(H,13,15). The lowest BCUT2D eigenvalue weighted by Gasteiger charge is -2.12. The number of anilines is 1. The van der Waals surface area contributed by atoms with Crippen molar-refractivity contribution in [2.75, 3.05) is 26.0 Å². The van der Waals surface area contributed by atoms with E-state index in [1.54, 1.807) is 19.1 Å². The zero-order chi connectivity index (χ0) is 10.8. The van der Waals surface area contributed by atoms with Gasteiger partial charge in [0.25, 0.3) is 5.91 Å². The summed E-state index contributed by atoms with van der Waals surface area (Å²) in [5.41, 5.74) is 5.78. The van der Waals surface area contributed by atoms with Crippen molar-refractivity contribution in [3.05, 3.63) is 29.3 Å². The molecule has 0 fully saturated rings. The number of nitrogens with one attached hydrogen (secondary N) is 2. The minimum Gasteiger partial charge on any atom is -0.384 e. The summed E-state index contributed by atoms with van der Waals surface area (Å²) in [5, 5.41) is 4.90. The van der Waals surface area contributed by atoms with Crippen LogP contribution in [0.15, 0.2) is 18.2 Å². The lowest BCUT2D eigenvalue weighted by atomic mass is 10.1. The second-order valence-electron chi connectivity index (χ2n) is 3.88. The van der Waals surface area contributed by atoms with Gasteiger partial charge in [0.1, 0.15) is 0 Å². The van der Waals surface area contributed by atoms with Crippen LogP contribution in [0, 0.1) is 0 Å². The van der Waals surface area contributed by atoms with E-state index in [0.29, 0.717) is 5.56 Å². The van der Waals surface area contributed by atoms with Gasteiger partial charge in [-0.2, -0.15) is 0 Å². The summed E-state index contributed by atoms with van der Waals surface area (Å²) in [6, 6.07) is 5.78. The van der Waals surface area contributed by atoms with Crippen molar-refractivity contribution in [2.24, 2.45) is 0 Å². The van der Waals surface area contributed by atoms with Crippen molar-refractivity contribution in [2.45, 2.75) is 6.42 Å². The number of carbonyl (C=O) groups is 1. The van der Waals surface area contributed by atoms with Gasteiger partial charge in [-0.25, -0.2) is 5.01 Å². The number of hydrogen-bond donors (Lipinski definition) is 2. The summed E-state index contributed by atoms with van der Waals surface area (Å²) in [6.07, 6.45) is 1.05. The average molecular weight is 205 g/mol. The number of hydrogen-bond acceptors (Lipinski definition) is 3. The molecule has 0 spiro atoms. The molecular formula is C11H15N3O. The molecule has 0 unspecified atom stereocenters. The number of benzene rings is 1. The van der Waals surface area contributed by atoms with Crippen LogP contribution in [0.25, 0.3) is 0 Å². The fourth-order valence-electron chi connectivity index (χ4n) is 1.70. The summed E-state index contributed by atoms with van der Waals surface area (Å²) in [5.74, 6) is -0.0727. The van der Waals surface area contributed by atoms with Crippen molar-refractivity contribution in [1.29, 1.82) is 0 Å². The van der Waals surface area contributed by atoms with E-state index < -0.39 is 0 Å². The summed E-state index contributed by atoms with van der Waals surface area (Å²) >= 11 is 0. The lowest BCUT2D eigenvalue weighted by molar-refractivity contribution is 0.0857. The average Bonchev–Trinajstić information content (AvgIpc) is 2.62. The third-order valence-corrected chi connectivity index (χ3v) is 2.41. The van der Waals surface area contributed by atoms with Crippen LogP contribution in [0.3, 0.4) is 0 Å². The zero-order valence-corrected chi connectivity index (χ0v) is 9.00. The first kappa shape index (κ1) is 9.98. The van der Waals surface area contributed by atoms with Gasteiger partial charge in [-0.1, -0.05) is 6.07 Å². The molecule has 4 heteroatoms. The summed E-state index contributed by atoms with van der Waals surface area (Å²) < 4.78 is 0. The van der Waals surface area contributed by atoms with Gasteiger partial charge in [0.2, 0.25) is 0 Å². The Morgan fingerprint density at radius 3 is 3.00 bits per heavy atom. The first-order valence-corrected chi connectivity index (χ1v) is 5.02. The van der Waals surface area contributed by atoms with Gasteiger partial charge < -0.3 is 5.32 Å². The number of fused-ring (bicyclic) bond motifs is 1. The molecule has 4 nitrogen and oxygen atoms in total. The van der Waals surface area contributed by atoms with Crippen LogP contribution in [-0.4, -0.2) is 31.6 Å². The van der Waals surface area contributed by atoms with E-state index in [9.17, 15) is 4.79 Å². The Kier molecular flexibility index (Phi) is 2.60. The van der Waals surface area contributed by atoms with Crippen LogP contribution >= 0.6 is 0 Å². The summed E-state index contributed by atoms with van der Waals surface area (Å²) in [7, 11) is 3.59. The third kappa shape index (κ3) is 2.10. The van der Waals surface area contributed by atoms with Crippen molar-refractivity contribution >= 4 is 11.6 Å². The van der Waals surface area contributed by atoms with Crippen molar-refractivity contribution in [3.63, 3.8) is 0 Å². The molecule has 1 aliphatic heterocycles. The largest absolute Gasteiger partial charge is 0.384 e. The zero-order valence-electron chi connectivity index (χ0n) is 9.00. The number of amides is 1. The first-order valence-electron chi connectivity index (χ1n) is 5.02. The van der Waals surface area contributed by atoms with Crippen LogP contribution in [0.2, 0.25) is 0 Å². The quantitative estimate of drug-likeness (QED) is 0.704. The molecule has 0 bridgehead atoms. The topological polar surface area (TPSA) is 44.4 Å². The molecule has 2 N–H and O–H groups in total. The van der Waals surface area contributed by atoms with Crippen LogP contribution in [0.1, 0.15) is 15.9 Å². The molecule has 2 rings (SSSR count). The Bertz CT molecular complexity index is 387. The molecular weight excluding hydrogens is 190 g/mol. The van der Waals surface area contributed by atoms with E-state index >= 15 is 0 Å². The van der Waals surface area contributed by atoms with Gasteiger partial charge in [-0.05, 0) is 24.1 Å². The van der Waals surface area contributed by atoms with Crippen LogP contribution < -0.4 is 10.7 Å². The monoisotopic (exact) mass is 205 g/mol. The molecule has 0 radical (unpaired) electrons. The SMILES string of the molecule is CN(C)NC(=O)c1ccc2c(c1)NCC2. The normalized spacial score (nSPS) is 13.5. The van der Waals surface area contributed by atoms with E-state index in [2.05, 4.69) is 10.7 Å². The molecule has 0 aliphatic carbocycles. The second kappa shape index (κ2) is 3.90. The van der Waals surface area contributed by atoms with Gasteiger partial charge in [0.05, 0.1) is 0 Å².